The molecule has 5 nitrogen and oxygen atoms in total. The summed E-state index contributed by atoms with van der Waals surface area (Å²) >= 11 is 1.52. The normalized spacial score (nSPS) is 10.8. The molecule has 0 radical (unpaired) electrons. The van der Waals surface area contributed by atoms with Crippen LogP contribution in [0.1, 0.15) is 5.56 Å². The Morgan fingerprint density at radius 1 is 1.37 bits per heavy atom. The Morgan fingerprint density at radius 3 is 2.95 bits per heavy atom. The van der Waals surface area contributed by atoms with Crippen molar-refractivity contribution < 1.29 is 4.39 Å². The summed E-state index contributed by atoms with van der Waals surface area (Å²) in [6.45, 7) is 1.66. The number of aromatic nitrogens is 4. The molecule has 0 saturated carbocycles. The zero-order valence-electron chi connectivity index (χ0n) is 10.0. The van der Waals surface area contributed by atoms with Gasteiger partial charge in [-0.05, 0) is 46.5 Å². The smallest absolute Gasteiger partial charge is 0.190 e. The number of hydrogen-bond acceptors (Lipinski definition) is 5. The minimum absolute atomic E-state index is 0.300. The van der Waals surface area contributed by atoms with Crippen LogP contribution in [0, 0.1) is 12.7 Å². The Hall–Kier alpha value is -2.28. The number of anilines is 1. The predicted octanol–water partition coefficient (Wildman–Crippen LogP) is 2.42. The van der Waals surface area contributed by atoms with Crippen molar-refractivity contribution in [3.05, 3.63) is 40.3 Å². The Kier molecular flexibility index (Phi) is 2.75. The van der Waals surface area contributed by atoms with Crippen molar-refractivity contribution in [3.8, 4) is 17.1 Å². The van der Waals surface area contributed by atoms with Crippen LogP contribution in [0.4, 0.5) is 10.1 Å². The summed E-state index contributed by atoms with van der Waals surface area (Å²) in [5.74, 6) is -0.0215. The fourth-order valence-corrected chi connectivity index (χ4v) is 2.48. The van der Waals surface area contributed by atoms with Crippen LogP contribution < -0.4 is 5.73 Å². The molecule has 7 heteroatoms. The molecule has 0 saturated heterocycles. The van der Waals surface area contributed by atoms with Gasteiger partial charge in [-0.15, -0.1) is 5.10 Å². The summed E-state index contributed by atoms with van der Waals surface area (Å²) in [7, 11) is 0. The summed E-state index contributed by atoms with van der Waals surface area (Å²) in [6, 6.07) is 4.98. The zero-order valence-corrected chi connectivity index (χ0v) is 10.9. The van der Waals surface area contributed by atoms with Gasteiger partial charge in [0.2, 0.25) is 0 Å². The number of nitrogen functional groups attached to an aromatic ring is 1. The van der Waals surface area contributed by atoms with E-state index in [0.717, 1.165) is 5.69 Å². The van der Waals surface area contributed by atoms with Crippen LogP contribution in [0.15, 0.2) is 29.0 Å². The van der Waals surface area contributed by atoms with Crippen molar-refractivity contribution in [2.45, 2.75) is 6.92 Å². The van der Waals surface area contributed by atoms with E-state index in [2.05, 4.69) is 15.5 Å². The monoisotopic (exact) mass is 275 g/mol. The van der Waals surface area contributed by atoms with Gasteiger partial charge >= 0.3 is 0 Å². The largest absolute Gasteiger partial charge is 0.399 e. The molecule has 0 aliphatic rings. The van der Waals surface area contributed by atoms with Crippen LogP contribution in [-0.4, -0.2) is 20.2 Å². The van der Waals surface area contributed by atoms with E-state index in [9.17, 15) is 4.39 Å². The molecule has 0 aliphatic heterocycles. The van der Waals surface area contributed by atoms with Crippen molar-refractivity contribution in [1.82, 2.24) is 20.2 Å². The highest BCUT2D eigenvalue weighted by Gasteiger charge is 2.17. The molecule has 0 amide bonds. The molecule has 2 N–H and O–H groups in total. The lowest BCUT2D eigenvalue weighted by atomic mass is 10.1. The van der Waals surface area contributed by atoms with Crippen molar-refractivity contribution in [2.24, 2.45) is 0 Å². The Balaban J connectivity index is 2.22. The Labute approximate surface area is 112 Å². The molecule has 0 unspecified atom stereocenters. The fraction of sp³-hybridized carbons (Fsp3) is 0.0833. The van der Waals surface area contributed by atoms with Crippen LogP contribution >= 0.6 is 11.3 Å². The van der Waals surface area contributed by atoms with Gasteiger partial charge in [-0.1, -0.05) is 0 Å². The second-order valence-corrected chi connectivity index (χ2v) is 4.88. The van der Waals surface area contributed by atoms with Crippen molar-refractivity contribution in [1.29, 1.82) is 0 Å². The second-order valence-electron chi connectivity index (χ2n) is 4.10. The number of thiophene rings is 1. The van der Waals surface area contributed by atoms with E-state index in [-0.39, 0.29) is 5.82 Å². The van der Waals surface area contributed by atoms with E-state index in [1.165, 1.54) is 22.1 Å². The van der Waals surface area contributed by atoms with Gasteiger partial charge in [-0.2, -0.15) is 16.0 Å². The van der Waals surface area contributed by atoms with E-state index < -0.39 is 0 Å². The number of rotatable bonds is 2. The number of nitrogens with zero attached hydrogens (tertiary/aromatic N) is 4. The van der Waals surface area contributed by atoms with E-state index in [1.807, 2.05) is 16.8 Å². The fourth-order valence-electron chi connectivity index (χ4n) is 1.87. The minimum atomic E-state index is -0.361. The number of hydrogen-bond donors (Lipinski definition) is 1. The van der Waals surface area contributed by atoms with Gasteiger partial charge in [0.15, 0.2) is 5.82 Å². The molecular weight excluding hydrogens is 265 g/mol. The second kappa shape index (κ2) is 4.43. The lowest BCUT2D eigenvalue weighted by Gasteiger charge is -2.07. The van der Waals surface area contributed by atoms with Crippen LogP contribution in [0.3, 0.4) is 0 Å². The third-order valence-corrected chi connectivity index (χ3v) is 3.41. The summed E-state index contributed by atoms with van der Waals surface area (Å²) in [5, 5.41) is 15.2. The third-order valence-electron chi connectivity index (χ3n) is 2.74. The maximum atomic E-state index is 14.2. The molecular formula is C12H10FN5S. The zero-order chi connectivity index (χ0) is 13.4. The first-order valence-electron chi connectivity index (χ1n) is 5.54. The number of aryl methyl sites for hydroxylation is 1. The first-order valence-corrected chi connectivity index (χ1v) is 6.48. The predicted molar refractivity (Wildman–Crippen MR) is 71.6 cm³/mol. The summed E-state index contributed by atoms with van der Waals surface area (Å²) < 4.78 is 15.7. The first-order chi connectivity index (χ1) is 9.16. The van der Waals surface area contributed by atoms with Gasteiger partial charge in [0.05, 0.1) is 11.3 Å². The Morgan fingerprint density at radius 2 is 2.21 bits per heavy atom. The maximum absolute atomic E-state index is 14.2. The first kappa shape index (κ1) is 11.8. The SMILES string of the molecule is Cc1cc(N)cc(-c2nnnn2-c2ccsc2)c1F. The van der Waals surface area contributed by atoms with Crippen LogP contribution in [0.2, 0.25) is 0 Å². The van der Waals surface area contributed by atoms with Gasteiger partial charge < -0.3 is 5.73 Å². The topological polar surface area (TPSA) is 69.6 Å². The van der Waals surface area contributed by atoms with Gasteiger partial charge in [0.1, 0.15) is 5.82 Å². The molecule has 19 heavy (non-hydrogen) atoms. The summed E-state index contributed by atoms with van der Waals surface area (Å²) in [6.07, 6.45) is 0. The molecule has 1 aromatic carbocycles. The van der Waals surface area contributed by atoms with E-state index in [0.29, 0.717) is 22.6 Å². The quantitative estimate of drug-likeness (QED) is 0.729. The maximum Gasteiger partial charge on any atom is 0.190 e. The molecule has 0 spiro atoms. The molecule has 0 bridgehead atoms. The number of halogens is 1. The lowest BCUT2D eigenvalue weighted by Crippen LogP contribution is -2.01. The van der Waals surface area contributed by atoms with Gasteiger partial charge in [-0.25, -0.2) is 4.39 Å². The molecule has 0 fully saturated rings. The van der Waals surface area contributed by atoms with E-state index >= 15 is 0 Å². The average molecular weight is 275 g/mol. The summed E-state index contributed by atoms with van der Waals surface area (Å²) in [4.78, 5) is 0. The highest BCUT2D eigenvalue weighted by molar-refractivity contribution is 7.08. The molecule has 96 valence electrons. The van der Waals surface area contributed by atoms with E-state index in [1.54, 1.807) is 13.0 Å². The molecule has 0 atom stereocenters. The molecule has 2 heterocycles. The molecule has 2 aromatic heterocycles. The third kappa shape index (κ3) is 1.97. The standard InChI is InChI=1S/C12H10FN5S/c1-7-4-8(14)5-10(11(7)13)12-15-16-17-18(12)9-2-3-19-6-9/h2-6H,14H2,1H3. The number of nitrogens with two attached hydrogens (primary N) is 1. The van der Waals surface area contributed by atoms with Gasteiger partial charge in [0, 0.05) is 11.1 Å². The average Bonchev–Trinajstić information content (AvgIpc) is 3.02. The molecule has 3 aromatic rings. The Bertz CT molecular complexity index is 720. The highest BCUT2D eigenvalue weighted by atomic mass is 32.1. The molecule has 3 rings (SSSR count). The lowest BCUT2D eigenvalue weighted by molar-refractivity contribution is 0.620. The van der Waals surface area contributed by atoms with Crippen molar-refractivity contribution in [2.75, 3.05) is 5.73 Å². The highest BCUT2D eigenvalue weighted by Crippen LogP contribution is 2.27. The number of benzene rings is 1. The van der Waals surface area contributed by atoms with Crippen LogP contribution in [-0.2, 0) is 0 Å². The van der Waals surface area contributed by atoms with Crippen LogP contribution in [0.25, 0.3) is 17.1 Å². The summed E-state index contributed by atoms with van der Waals surface area (Å²) in [5.41, 5.74) is 7.80. The van der Waals surface area contributed by atoms with E-state index in [4.69, 9.17) is 5.73 Å². The van der Waals surface area contributed by atoms with Gasteiger partial charge in [0.25, 0.3) is 0 Å². The number of tetrazole rings is 1. The molecule has 0 aliphatic carbocycles. The van der Waals surface area contributed by atoms with Gasteiger partial charge in [-0.3, -0.25) is 0 Å². The van der Waals surface area contributed by atoms with Crippen molar-refractivity contribution in [3.63, 3.8) is 0 Å². The minimum Gasteiger partial charge on any atom is -0.399 e. The van der Waals surface area contributed by atoms with Crippen molar-refractivity contribution >= 4 is 17.0 Å². The van der Waals surface area contributed by atoms with Crippen LogP contribution in [0.5, 0.6) is 0 Å².